The molecule has 1 fully saturated rings. The van der Waals surface area contributed by atoms with Crippen LogP contribution in [0.2, 0.25) is 0 Å². The Morgan fingerprint density at radius 1 is 1.37 bits per heavy atom. The number of hydrogen-bond acceptors (Lipinski definition) is 5. The van der Waals surface area contributed by atoms with E-state index >= 15 is 0 Å². The summed E-state index contributed by atoms with van der Waals surface area (Å²) in [5.74, 6) is -0.447. The van der Waals surface area contributed by atoms with Crippen LogP contribution < -0.4 is 0 Å². The molecule has 0 radical (unpaired) electrons. The summed E-state index contributed by atoms with van der Waals surface area (Å²) in [4.78, 5) is 16.7. The molecule has 1 aromatic rings. The molecule has 2 heterocycles. The molecule has 1 saturated heterocycles. The van der Waals surface area contributed by atoms with Crippen molar-refractivity contribution in [2.45, 2.75) is 52.4 Å². The summed E-state index contributed by atoms with van der Waals surface area (Å²) in [6.45, 7) is 8.63. The molecule has 0 aliphatic carbocycles. The van der Waals surface area contributed by atoms with Crippen LogP contribution in [0.15, 0.2) is 46.5 Å². The summed E-state index contributed by atoms with van der Waals surface area (Å²) in [5.41, 5.74) is 1.95. The zero-order valence-corrected chi connectivity index (χ0v) is 18.8. The lowest BCUT2D eigenvalue weighted by molar-refractivity contribution is -0.132. The molecule has 0 spiro atoms. The van der Waals surface area contributed by atoms with Crippen LogP contribution in [0.1, 0.15) is 39.2 Å². The van der Waals surface area contributed by atoms with Gasteiger partial charge in [-0.25, -0.2) is 9.18 Å². The zero-order valence-electron chi connectivity index (χ0n) is 17.9. The first-order valence-electron chi connectivity index (χ1n) is 10.6. The number of benzene rings is 1. The highest BCUT2D eigenvalue weighted by Gasteiger charge is 2.37. The predicted molar refractivity (Wildman–Crippen MR) is 119 cm³/mol. The number of carboxylic acids is 1. The van der Waals surface area contributed by atoms with Gasteiger partial charge in [0.15, 0.2) is 0 Å². The number of nitrogens with zero attached hydrogens (tertiary/aromatic N) is 2. The lowest BCUT2D eigenvalue weighted by Crippen LogP contribution is -2.56. The van der Waals surface area contributed by atoms with Crippen LogP contribution in [0.25, 0.3) is 0 Å². The smallest absolute Gasteiger partial charge is 0.338 e. The maximum Gasteiger partial charge on any atom is 0.338 e. The van der Waals surface area contributed by atoms with Gasteiger partial charge in [0.05, 0.1) is 23.8 Å². The second-order valence-electron chi connectivity index (χ2n) is 7.69. The standard InChI is InChI=1S/C23H31FN2O3S/c1-4-7-19-15-29-11-10-25(19)20-12-16(3)21(23(27)28)22(30-5-2)26(20)14-17-8-6-9-18(24)13-17/h6,8-9,12-13,19-20H,4-5,7,10-11,14-15H2,1-3H3,(H,27,28). The van der Waals surface area contributed by atoms with Gasteiger partial charge in [0.25, 0.3) is 0 Å². The second kappa shape index (κ2) is 10.5. The zero-order chi connectivity index (χ0) is 21.7. The van der Waals surface area contributed by atoms with E-state index in [0.717, 1.165) is 41.3 Å². The second-order valence-corrected chi connectivity index (χ2v) is 8.95. The Labute approximate surface area is 182 Å². The molecule has 7 heteroatoms. The van der Waals surface area contributed by atoms with Crippen molar-refractivity contribution in [3.63, 3.8) is 0 Å². The van der Waals surface area contributed by atoms with Crippen LogP contribution in [-0.2, 0) is 16.1 Å². The third-order valence-corrected chi connectivity index (χ3v) is 6.56. The molecule has 1 aromatic carbocycles. The fraction of sp³-hybridized carbons (Fsp3) is 0.522. The molecule has 5 nitrogen and oxygen atoms in total. The summed E-state index contributed by atoms with van der Waals surface area (Å²) in [5, 5.41) is 10.7. The van der Waals surface area contributed by atoms with Crippen LogP contribution in [0.4, 0.5) is 4.39 Å². The van der Waals surface area contributed by atoms with Crippen molar-refractivity contribution < 1.29 is 19.0 Å². The molecule has 2 unspecified atom stereocenters. The minimum Gasteiger partial charge on any atom is -0.478 e. The predicted octanol–water partition coefficient (Wildman–Crippen LogP) is 4.46. The molecule has 0 amide bonds. The van der Waals surface area contributed by atoms with E-state index in [9.17, 15) is 14.3 Å². The van der Waals surface area contributed by atoms with Crippen LogP contribution in [0.5, 0.6) is 0 Å². The van der Waals surface area contributed by atoms with Gasteiger partial charge >= 0.3 is 5.97 Å². The van der Waals surface area contributed by atoms with Gasteiger partial charge in [-0.2, -0.15) is 0 Å². The minimum absolute atomic E-state index is 0.0918. The Hall–Kier alpha value is -1.83. The van der Waals surface area contributed by atoms with Gasteiger partial charge in [0.1, 0.15) is 12.0 Å². The average Bonchev–Trinajstić information content (AvgIpc) is 2.70. The lowest BCUT2D eigenvalue weighted by Gasteiger charge is -2.48. The lowest BCUT2D eigenvalue weighted by atomic mass is 10.0. The van der Waals surface area contributed by atoms with Gasteiger partial charge < -0.3 is 14.7 Å². The van der Waals surface area contributed by atoms with Crippen molar-refractivity contribution in [3.05, 3.63) is 57.9 Å². The van der Waals surface area contributed by atoms with E-state index in [1.165, 1.54) is 23.9 Å². The number of ether oxygens (including phenoxy) is 1. The van der Waals surface area contributed by atoms with Gasteiger partial charge in [0.2, 0.25) is 0 Å². The number of morpholine rings is 1. The summed E-state index contributed by atoms with van der Waals surface area (Å²) in [6, 6.07) is 6.82. The van der Waals surface area contributed by atoms with Crippen LogP contribution >= 0.6 is 11.8 Å². The molecule has 2 aliphatic rings. The highest BCUT2D eigenvalue weighted by atomic mass is 32.2. The van der Waals surface area contributed by atoms with Crippen molar-refractivity contribution in [3.8, 4) is 0 Å². The Bertz CT molecular complexity index is 824. The Morgan fingerprint density at radius 3 is 2.83 bits per heavy atom. The molecule has 164 valence electrons. The Morgan fingerprint density at radius 2 is 2.17 bits per heavy atom. The maximum absolute atomic E-state index is 13.9. The van der Waals surface area contributed by atoms with Gasteiger partial charge in [-0.15, -0.1) is 11.8 Å². The molecule has 30 heavy (non-hydrogen) atoms. The van der Waals surface area contributed by atoms with E-state index in [-0.39, 0.29) is 18.0 Å². The molecule has 0 aromatic heterocycles. The monoisotopic (exact) mass is 434 g/mol. The summed E-state index contributed by atoms with van der Waals surface area (Å²) < 4.78 is 19.6. The normalized spacial score (nSPS) is 22.9. The van der Waals surface area contributed by atoms with E-state index in [1.807, 2.05) is 19.9 Å². The average molecular weight is 435 g/mol. The fourth-order valence-corrected chi connectivity index (χ4v) is 5.26. The number of halogens is 1. The maximum atomic E-state index is 13.9. The number of rotatable bonds is 8. The van der Waals surface area contributed by atoms with Crippen molar-refractivity contribution >= 4 is 17.7 Å². The number of carbonyl (C=O) groups is 1. The minimum atomic E-state index is -0.922. The topological polar surface area (TPSA) is 53.0 Å². The van der Waals surface area contributed by atoms with E-state index < -0.39 is 5.97 Å². The Balaban J connectivity index is 2.05. The van der Waals surface area contributed by atoms with Gasteiger partial charge in [0, 0.05) is 19.1 Å². The van der Waals surface area contributed by atoms with Gasteiger partial charge in [-0.3, -0.25) is 4.90 Å². The fourth-order valence-electron chi connectivity index (χ4n) is 4.25. The molecule has 2 aliphatic heterocycles. The highest BCUT2D eigenvalue weighted by Crippen LogP contribution is 2.38. The first kappa shape index (κ1) is 22.8. The van der Waals surface area contributed by atoms with Crippen molar-refractivity contribution in [1.29, 1.82) is 0 Å². The quantitative estimate of drug-likeness (QED) is 0.652. The molecule has 0 bridgehead atoms. The SMILES string of the molecule is CCCC1COCCN1C1C=C(C)C(C(=O)O)=C(SCC)N1Cc1cccc(F)c1. The number of hydrogen-bond donors (Lipinski definition) is 1. The molecular formula is C23H31FN2O3S. The van der Waals surface area contributed by atoms with E-state index in [0.29, 0.717) is 25.3 Å². The summed E-state index contributed by atoms with van der Waals surface area (Å²) >= 11 is 1.54. The summed E-state index contributed by atoms with van der Waals surface area (Å²) in [7, 11) is 0. The molecule has 3 rings (SSSR count). The first-order chi connectivity index (χ1) is 14.5. The number of thioether (sulfide) groups is 1. The van der Waals surface area contributed by atoms with Crippen molar-refractivity contribution in [2.24, 2.45) is 0 Å². The van der Waals surface area contributed by atoms with E-state index in [2.05, 4.69) is 22.8 Å². The first-order valence-corrected chi connectivity index (χ1v) is 11.6. The molecule has 2 atom stereocenters. The molecule has 1 N–H and O–H groups in total. The van der Waals surface area contributed by atoms with Crippen LogP contribution in [-0.4, -0.2) is 58.6 Å². The van der Waals surface area contributed by atoms with Gasteiger partial charge in [-0.1, -0.05) is 32.4 Å². The van der Waals surface area contributed by atoms with E-state index in [1.54, 1.807) is 6.07 Å². The Kier molecular flexibility index (Phi) is 7.97. The van der Waals surface area contributed by atoms with E-state index in [4.69, 9.17) is 4.74 Å². The van der Waals surface area contributed by atoms with Gasteiger partial charge in [-0.05, 0) is 48.4 Å². The number of aliphatic carboxylic acids is 1. The highest BCUT2D eigenvalue weighted by molar-refractivity contribution is 8.03. The van der Waals surface area contributed by atoms with Crippen molar-refractivity contribution in [2.75, 3.05) is 25.5 Å². The molecule has 0 saturated carbocycles. The molecular weight excluding hydrogens is 403 g/mol. The number of carboxylic acid groups (broad SMARTS) is 1. The third-order valence-electron chi connectivity index (χ3n) is 5.56. The van der Waals surface area contributed by atoms with Crippen molar-refractivity contribution in [1.82, 2.24) is 9.80 Å². The largest absolute Gasteiger partial charge is 0.478 e. The summed E-state index contributed by atoms with van der Waals surface area (Å²) in [6.07, 6.45) is 4.03. The van der Waals surface area contributed by atoms with Crippen LogP contribution in [0.3, 0.4) is 0 Å². The third kappa shape index (κ3) is 5.07. The van der Waals surface area contributed by atoms with Crippen LogP contribution in [0, 0.1) is 5.82 Å².